The van der Waals surface area contributed by atoms with Crippen LogP contribution in [0.25, 0.3) is 0 Å². The van der Waals surface area contributed by atoms with Gasteiger partial charge < -0.3 is 27.9 Å². The first-order valence-electron chi connectivity index (χ1n) is 10.2. The molecule has 4 aromatic rings. The largest absolute Gasteiger partial charge is 0.348 e. The standard InChI is InChI=1S/3C6H8N2.C5H9N3/c7-5-6-1-3-8-4-2-6;7-4-6-2-1-3-8-5-6;7-5-6-3-1-2-4-8-6;6-2-1-5-3-7-4-8-5/h1-4H,5,7H2;1-3,5H,4,7H2;1-4H,5,7H2;3-4H,1-2,6H2,(H,7,8). The van der Waals surface area contributed by atoms with Crippen LogP contribution in [0.2, 0.25) is 0 Å². The van der Waals surface area contributed by atoms with Crippen molar-refractivity contribution in [3.8, 4) is 0 Å². The maximum Gasteiger partial charge on any atom is 0.0921 e. The van der Waals surface area contributed by atoms with Crippen molar-refractivity contribution in [3.05, 3.63) is 108 Å². The molecule has 0 bridgehead atoms. The summed E-state index contributed by atoms with van der Waals surface area (Å²) in [4.78, 5) is 18.5. The van der Waals surface area contributed by atoms with Gasteiger partial charge in [-0.15, -0.1) is 0 Å². The number of imidazole rings is 1. The number of hydrogen-bond acceptors (Lipinski definition) is 8. The zero-order valence-electron chi connectivity index (χ0n) is 18.2. The van der Waals surface area contributed by atoms with E-state index in [0.717, 1.165) is 28.9 Å². The van der Waals surface area contributed by atoms with E-state index in [2.05, 4.69) is 24.9 Å². The van der Waals surface area contributed by atoms with Gasteiger partial charge in [0.05, 0.1) is 12.0 Å². The van der Waals surface area contributed by atoms with Gasteiger partial charge in [-0.25, -0.2) is 4.98 Å². The summed E-state index contributed by atoms with van der Waals surface area (Å²) < 4.78 is 0. The monoisotopic (exact) mass is 435 g/mol. The van der Waals surface area contributed by atoms with Crippen molar-refractivity contribution in [3.63, 3.8) is 0 Å². The van der Waals surface area contributed by atoms with Crippen LogP contribution in [0.15, 0.2) is 86.0 Å². The molecule has 9 heteroatoms. The van der Waals surface area contributed by atoms with E-state index in [9.17, 15) is 0 Å². The average molecular weight is 436 g/mol. The molecule has 0 amide bonds. The summed E-state index contributed by atoms with van der Waals surface area (Å²) in [7, 11) is 0. The van der Waals surface area contributed by atoms with Crippen molar-refractivity contribution < 1.29 is 0 Å². The molecular formula is C23H33N9. The van der Waals surface area contributed by atoms with Gasteiger partial charge in [0.1, 0.15) is 0 Å². The lowest BCUT2D eigenvalue weighted by atomic mass is 10.3. The molecule has 0 atom stereocenters. The Labute approximate surface area is 189 Å². The Morgan fingerprint density at radius 2 is 1.44 bits per heavy atom. The van der Waals surface area contributed by atoms with E-state index in [1.165, 1.54) is 0 Å². The van der Waals surface area contributed by atoms with Crippen LogP contribution in [0.4, 0.5) is 0 Å². The van der Waals surface area contributed by atoms with Crippen LogP contribution in [0.5, 0.6) is 0 Å². The van der Waals surface area contributed by atoms with Crippen molar-refractivity contribution in [1.29, 1.82) is 0 Å². The number of nitrogens with one attached hydrogen (secondary N) is 1. The summed E-state index contributed by atoms with van der Waals surface area (Å²) in [6.07, 6.45) is 13.0. The van der Waals surface area contributed by atoms with Gasteiger partial charge in [0.2, 0.25) is 0 Å². The number of nitrogens with zero attached hydrogens (tertiary/aromatic N) is 4. The lowest BCUT2D eigenvalue weighted by molar-refractivity contribution is 0.935. The molecule has 0 saturated carbocycles. The second-order valence-electron chi connectivity index (χ2n) is 6.27. The molecule has 4 aromatic heterocycles. The third-order valence-electron chi connectivity index (χ3n) is 3.85. The molecule has 0 aliphatic heterocycles. The van der Waals surface area contributed by atoms with Crippen molar-refractivity contribution in [1.82, 2.24) is 24.9 Å². The third-order valence-corrected chi connectivity index (χ3v) is 3.85. The van der Waals surface area contributed by atoms with Crippen molar-refractivity contribution >= 4 is 0 Å². The molecule has 4 rings (SSSR count). The van der Waals surface area contributed by atoms with Crippen LogP contribution in [0, 0.1) is 0 Å². The highest BCUT2D eigenvalue weighted by molar-refractivity contribution is 5.08. The Kier molecular flexibility index (Phi) is 15.2. The molecule has 9 nitrogen and oxygen atoms in total. The minimum absolute atomic E-state index is 0.529. The predicted molar refractivity (Wildman–Crippen MR) is 128 cm³/mol. The summed E-state index contributed by atoms with van der Waals surface area (Å²) in [5.74, 6) is 0. The molecule has 0 saturated heterocycles. The molecule has 0 aromatic carbocycles. The molecule has 170 valence electrons. The molecule has 0 spiro atoms. The topological polar surface area (TPSA) is 171 Å². The van der Waals surface area contributed by atoms with Crippen molar-refractivity contribution in [2.24, 2.45) is 22.9 Å². The zero-order valence-corrected chi connectivity index (χ0v) is 18.2. The maximum absolute atomic E-state index is 5.32. The Balaban J connectivity index is 0.000000213. The first kappa shape index (κ1) is 26.5. The Hall–Kier alpha value is -3.50. The Morgan fingerprint density at radius 1 is 0.656 bits per heavy atom. The van der Waals surface area contributed by atoms with E-state index < -0.39 is 0 Å². The first-order valence-corrected chi connectivity index (χ1v) is 10.2. The highest BCUT2D eigenvalue weighted by atomic mass is 14.9. The van der Waals surface area contributed by atoms with Gasteiger partial charge in [-0.2, -0.15) is 0 Å². The molecular weight excluding hydrogens is 402 g/mol. The summed E-state index contributed by atoms with van der Waals surface area (Å²) >= 11 is 0. The molecule has 0 fully saturated rings. The summed E-state index contributed by atoms with van der Waals surface area (Å²) in [5.41, 5.74) is 25.4. The lowest BCUT2D eigenvalue weighted by Gasteiger charge is -1.89. The number of pyridine rings is 3. The zero-order chi connectivity index (χ0) is 23.3. The Bertz CT molecular complexity index is 793. The third kappa shape index (κ3) is 12.9. The van der Waals surface area contributed by atoms with Gasteiger partial charge in [-0.05, 0) is 48.0 Å². The minimum atomic E-state index is 0.529. The summed E-state index contributed by atoms with van der Waals surface area (Å²) in [5, 5.41) is 0. The van der Waals surface area contributed by atoms with Crippen LogP contribution in [-0.2, 0) is 26.1 Å². The first-order chi connectivity index (χ1) is 15.7. The summed E-state index contributed by atoms with van der Waals surface area (Å²) in [6.45, 7) is 2.39. The highest BCUT2D eigenvalue weighted by Gasteiger charge is 1.87. The second-order valence-corrected chi connectivity index (χ2v) is 6.27. The van der Waals surface area contributed by atoms with Gasteiger partial charge in [0.15, 0.2) is 0 Å². The fourth-order valence-corrected chi connectivity index (χ4v) is 2.13. The van der Waals surface area contributed by atoms with Gasteiger partial charge in [-0.3, -0.25) is 15.0 Å². The van der Waals surface area contributed by atoms with E-state index in [1.807, 2.05) is 42.5 Å². The minimum Gasteiger partial charge on any atom is -0.348 e. The number of aromatic nitrogens is 5. The number of nitrogens with two attached hydrogens (primary N) is 4. The van der Waals surface area contributed by atoms with E-state index in [4.69, 9.17) is 22.9 Å². The van der Waals surface area contributed by atoms with Gasteiger partial charge >= 0.3 is 0 Å². The highest BCUT2D eigenvalue weighted by Crippen LogP contribution is 1.92. The van der Waals surface area contributed by atoms with Gasteiger partial charge in [0, 0.05) is 68.9 Å². The number of aromatic amines is 1. The molecule has 0 radical (unpaired) electrons. The normalized spacial score (nSPS) is 9.25. The van der Waals surface area contributed by atoms with Crippen LogP contribution < -0.4 is 22.9 Å². The number of hydrogen-bond donors (Lipinski definition) is 5. The molecule has 9 N–H and O–H groups in total. The maximum atomic E-state index is 5.32. The SMILES string of the molecule is NCCc1cnc[nH]1.NCc1ccccn1.NCc1cccnc1.NCc1ccncc1. The smallest absolute Gasteiger partial charge is 0.0921 e. The lowest BCUT2D eigenvalue weighted by Crippen LogP contribution is -2.02. The van der Waals surface area contributed by atoms with Crippen LogP contribution in [0.3, 0.4) is 0 Å². The van der Waals surface area contributed by atoms with Gasteiger partial charge in [-0.1, -0.05) is 12.1 Å². The van der Waals surface area contributed by atoms with Crippen LogP contribution >= 0.6 is 0 Å². The molecule has 4 heterocycles. The fourth-order valence-electron chi connectivity index (χ4n) is 2.13. The quantitative estimate of drug-likeness (QED) is 0.314. The van der Waals surface area contributed by atoms with E-state index in [1.54, 1.807) is 43.5 Å². The van der Waals surface area contributed by atoms with Crippen LogP contribution in [0.1, 0.15) is 22.5 Å². The molecule has 32 heavy (non-hydrogen) atoms. The van der Waals surface area contributed by atoms with E-state index in [-0.39, 0.29) is 0 Å². The second kappa shape index (κ2) is 18.3. The fraction of sp³-hybridized carbons (Fsp3) is 0.217. The van der Waals surface area contributed by atoms with Gasteiger partial charge in [0.25, 0.3) is 0 Å². The van der Waals surface area contributed by atoms with E-state index >= 15 is 0 Å². The number of H-pyrrole nitrogens is 1. The Morgan fingerprint density at radius 3 is 1.84 bits per heavy atom. The van der Waals surface area contributed by atoms with E-state index in [0.29, 0.717) is 26.2 Å². The predicted octanol–water partition coefficient (Wildman–Crippen LogP) is 1.53. The summed E-state index contributed by atoms with van der Waals surface area (Å²) in [6, 6.07) is 13.3. The molecule has 0 aliphatic rings. The van der Waals surface area contributed by atoms with Crippen molar-refractivity contribution in [2.75, 3.05) is 6.54 Å². The van der Waals surface area contributed by atoms with Crippen LogP contribution in [-0.4, -0.2) is 31.5 Å². The molecule has 0 unspecified atom stereocenters. The molecule has 0 aliphatic carbocycles. The number of rotatable bonds is 5. The average Bonchev–Trinajstić information content (AvgIpc) is 3.40. The van der Waals surface area contributed by atoms with Crippen molar-refractivity contribution in [2.45, 2.75) is 26.1 Å².